The van der Waals surface area contributed by atoms with Gasteiger partial charge in [-0.2, -0.15) is 0 Å². The summed E-state index contributed by atoms with van der Waals surface area (Å²) >= 11 is 0. The van der Waals surface area contributed by atoms with Gasteiger partial charge in [-0.1, -0.05) is 30.3 Å². The second-order valence-corrected chi connectivity index (χ2v) is 7.82. The number of hydrogen-bond donors (Lipinski definition) is 2. The fraction of sp³-hybridized carbons (Fsp3) is 0.231. The minimum absolute atomic E-state index is 0.0665. The zero-order chi connectivity index (χ0) is 23.0. The van der Waals surface area contributed by atoms with Crippen molar-refractivity contribution in [3.8, 4) is 11.5 Å². The van der Waals surface area contributed by atoms with Crippen LogP contribution in [0.2, 0.25) is 0 Å². The van der Waals surface area contributed by atoms with Crippen LogP contribution in [0.3, 0.4) is 0 Å². The molecular weight excluding hydrogens is 423 g/mol. The lowest BCUT2D eigenvalue weighted by molar-refractivity contribution is -0.118. The molecular formula is C26H25FN2O4. The molecule has 170 valence electrons. The first-order chi connectivity index (χ1) is 16.1. The maximum absolute atomic E-state index is 13.7. The number of hydrogen-bond acceptors (Lipinski definition) is 4. The van der Waals surface area contributed by atoms with Gasteiger partial charge < -0.3 is 20.1 Å². The fourth-order valence-electron chi connectivity index (χ4n) is 3.72. The number of carbonyl (C=O) groups is 2. The first kappa shape index (κ1) is 22.3. The summed E-state index contributed by atoms with van der Waals surface area (Å²) in [7, 11) is 0. The molecule has 0 aliphatic heterocycles. The van der Waals surface area contributed by atoms with E-state index in [0.717, 1.165) is 12.8 Å². The Labute approximate surface area is 191 Å². The van der Waals surface area contributed by atoms with Crippen LogP contribution in [-0.2, 0) is 4.79 Å². The first-order valence-electron chi connectivity index (χ1n) is 10.9. The molecule has 4 rings (SSSR count). The van der Waals surface area contributed by atoms with E-state index in [4.69, 9.17) is 9.47 Å². The third kappa shape index (κ3) is 6.10. The summed E-state index contributed by atoms with van der Waals surface area (Å²) in [6, 6.07) is 19.8. The van der Waals surface area contributed by atoms with E-state index < -0.39 is 11.7 Å². The summed E-state index contributed by atoms with van der Waals surface area (Å²) in [6.45, 7) is -0.372. The minimum Gasteiger partial charge on any atom is -0.490 e. The van der Waals surface area contributed by atoms with Crippen molar-refractivity contribution in [1.29, 1.82) is 0 Å². The number of carbonyl (C=O) groups excluding carboxylic acids is 2. The molecule has 2 N–H and O–H groups in total. The molecule has 33 heavy (non-hydrogen) atoms. The summed E-state index contributed by atoms with van der Waals surface area (Å²) in [5.74, 6) is -0.485. The normalized spacial score (nSPS) is 13.4. The highest BCUT2D eigenvalue weighted by Gasteiger charge is 2.17. The lowest BCUT2D eigenvalue weighted by Gasteiger charge is -2.15. The Morgan fingerprint density at radius 3 is 2.48 bits per heavy atom. The number of amides is 2. The highest BCUT2D eigenvalue weighted by molar-refractivity contribution is 6.06. The van der Waals surface area contributed by atoms with Crippen LogP contribution >= 0.6 is 0 Å². The smallest absolute Gasteiger partial charge is 0.262 e. The molecule has 7 heteroatoms. The molecule has 1 saturated carbocycles. The van der Waals surface area contributed by atoms with E-state index in [1.165, 1.54) is 31.0 Å². The third-order valence-electron chi connectivity index (χ3n) is 5.34. The summed E-state index contributed by atoms with van der Waals surface area (Å²) < 4.78 is 25.3. The lowest BCUT2D eigenvalue weighted by atomic mass is 10.2. The van der Waals surface area contributed by atoms with E-state index in [-0.39, 0.29) is 35.6 Å². The van der Waals surface area contributed by atoms with Crippen LogP contribution in [-0.4, -0.2) is 24.5 Å². The zero-order valence-corrected chi connectivity index (χ0v) is 18.1. The molecule has 1 fully saturated rings. The quantitative estimate of drug-likeness (QED) is 0.483. The van der Waals surface area contributed by atoms with Gasteiger partial charge in [0.25, 0.3) is 11.8 Å². The van der Waals surface area contributed by atoms with Gasteiger partial charge in [0.2, 0.25) is 0 Å². The first-order valence-corrected chi connectivity index (χ1v) is 10.9. The molecule has 1 aliphatic carbocycles. The summed E-state index contributed by atoms with van der Waals surface area (Å²) in [4.78, 5) is 25.1. The number of anilines is 2. The molecule has 0 aromatic heterocycles. The van der Waals surface area contributed by atoms with Crippen molar-refractivity contribution in [1.82, 2.24) is 0 Å². The maximum Gasteiger partial charge on any atom is 0.262 e. The number of halogens is 1. The Bertz CT molecular complexity index is 1130. The van der Waals surface area contributed by atoms with E-state index in [1.54, 1.807) is 42.5 Å². The van der Waals surface area contributed by atoms with Gasteiger partial charge in [0.15, 0.2) is 6.61 Å². The van der Waals surface area contributed by atoms with E-state index in [9.17, 15) is 14.0 Å². The van der Waals surface area contributed by atoms with Crippen molar-refractivity contribution < 1.29 is 23.5 Å². The Balaban J connectivity index is 1.38. The average molecular weight is 448 g/mol. The monoisotopic (exact) mass is 448 g/mol. The van der Waals surface area contributed by atoms with Crippen molar-refractivity contribution in [3.63, 3.8) is 0 Å². The highest BCUT2D eigenvalue weighted by atomic mass is 19.1. The van der Waals surface area contributed by atoms with Crippen LogP contribution in [0.5, 0.6) is 11.5 Å². The molecule has 0 heterocycles. The van der Waals surface area contributed by atoms with E-state index in [2.05, 4.69) is 10.6 Å². The highest BCUT2D eigenvalue weighted by Crippen LogP contribution is 2.26. The number of rotatable bonds is 8. The molecule has 0 spiro atoms. The topological polar surface area (TPSA) is 76.7 Å². The van der Waals surface area contributed by atoms with Crippen LogP contribution in [0.15, 0.2) is 72.8 Å². The predicted octanol–water partition coefficient (Wildman–Crippen LogP) is 5.42. The number of benzene rings is 3. The second kappa shape index (κ2) is 10.6. The lowest BCUT2D eigenvalue weighted by Crippen LogP contribution is -2.22. The maximum atomic E-state index is 13.7. The molecule has 0 atom stereocenters. The zero-order valence-electron chi connectivity index (χ0n) is 18.1. The summed E-state index contributed by atoms with van der Waals surface area (Å²) in [6.07, 6.45) is 4.67. The fourth-order valence-corrected chi connectivity index (χ4v) is 3.72. The van der Waals surface area contributed by atoms with Gasteiger partial charge in [-0.25, -0.2) is 4.39 Å². The van der Waals surface area contributed by atoms with Crippen molar-refractivity contribution >= 4 is 23.2 Å². The van der Waals surface area contributed by atoms with Crippen molar-refractivity contribution in [3.05, 3.63) is 84.2 Å². The Hall–Kier alpha value is -3.87. The van der Waals surface area contributed by atoms with E-state index >= 15 is 0 Å². The Morgan fingerprint density at radius 2 is 1.67 bits per heavy atom. The van der Waals surface area contributed by atoms with Gasteiger partial charge in [-0.3, -0.25) is 9.59 Å². The molecule has 0 radical (unpaired) electrons. The Kier molecular flexibility index (Phi) is 7.19. The van der Waals surface area contributed by atoms with Gasteiger partial charge in [-0.05, 0) is 62.1 Å². The molecule has 0 unspecified atom stereocenters. The predicted molar refractivity (Wildman–Crippen MR) is 124 cm³/mol. The van der Waals surface area contributed by atoms with Crippen LogP contribution in [0.4, 0.5) is 15.8 Å². The number of nitrogens with one attached hydrogen (secondary N) is 2. The van der Waals surface area contributed by atoms with Gasteiger partial charge in [0.05, 0.1) is 17.4 Å². The van der Waals surface area contributed by atoms with Gasteiger partial charge in [0, 0.05) is 11.8 Å². The number of ether oxygens (including phenoxy) is 2. The third-order valence-corrected chi connectivity index (χ3v) is 5.34. The van der Waals surface area contributed by atoms with E-state index in [1.807, 2.05) is 12.1 Å². The largest absolute Gasteiger partial charge is 0.490 e. The molecule has 1 aliphatic rings. The van der Waals surface area contributed by atoms with Crippen molar-refractivity contribution in [2.45, 2.75) is 31.8 Å². The van der Waals surface area contributed by atoms with Gasteiger partial charge in [-0.15, -0.1) is 0 Å². The molecule has 6 nitrogen and oxygen atoms in total. The SMILES string of the molecule is O=C(COc1ccccc1C(=O)Nc1cccc(OC2CCCC2)c1)Nc1ccccc1F. The molecule has 3 aromatic rings. The van der Waals surface area contributed by atoms with Crippen LogP contribution in [0.25, 0.3) is 0 Å². The van der Waals surface area contributed by atoms with Crippen molar-refractivity contribution in [2.75, 3.05) is 17.2 Å². The van der Waals surface area contributed by atoms with E-state index in [0.29, 0.717) is 11.4 Å². The Morgan fingerprint density at radius 1 is 0.909 bits per heavy atom. The molecule has 0 saturated heterocycles. The average Bonchev–Trinajstić information content (AvgIpc) is 3.33. The van der Waals surface area contributed by atoms with Crippen molar-refractivity contribution in [2.24, 2.45) is 0 Å². The van der Waals surface area contributed by atoms with Crippen LogP contribution in [0, 0.1) is 5.82 Å². The minimum atomic E-state index is -0.537. The molecule has 0 bridgehead atoms. The summed E-state index contributed by atoms with van der Waals surface area (Å²) in [5, 5.41) is 5.30. The summed E-state index contributed by atoms with van der Waals surface area (Å²) in [5.41, 5.74) is 0.942. The van der Waals surface area contributed by atoms with Crippen LogP contribution in [0.1, 0.15) is 36.0 Å². The molecule has 3 aromatic carbocycles. The molecule has 2 amide bonds. The van der Waals surface area contributed by atoms with Crippen LogP contribution < -0.4 is 20.1 Å². The standard InChI is InChI=1S/C26H25FN2O4/c27-22-13-4-5-14-23(22)29-25(30)17-32-24-15-6-3-12-21(24)26(31)28-18-8-7-11-20(16-18)33-19-9-1-2-10-19/h3-8,11-16,19H,1-2,9-10,17H2,(H,28,31)(H,29,30). The number of para-hydroxylation sites is 2. The van der Waals surface area contributed by atoms with Gasteiger partial charge >= 0.3 is 0 Å². The van der Waals surface area contributed by atoms with Gasteiger partial charge in [0.1, 0.15) is 17.3 Å². The second-order valence-electron chi connectivity index (χ2n) is 7.82.